The van der Waals surface area contributed by atoms with E-state index in [1.807, 2.05) is 42.8 Å². The molecule has 5 nitrogen and oxygen atoms in total. The molecular formula is C16H23N3O2. The molecular weight excluding hydrogens is 266 g/mol. The standard InChI is InChI=1S/C16H23N3O2/c1-4-8-19-16(17-11-18-19)10-15(20)13-6-5-7-14(9-13)21-12(2)3/h5-7,9,11-12,15,20H,4,8,10H2,1-3H3. The summed E-state index contributed by atoms with van der Waals surface area (Å²) in [6, 6.07) is 7.58. The maximum absolute atomic E-state index is 10.4. The first kappa shape index (κ1) is 15.5. The van der Waals surface area contributed by atoms with Crippen molar-refractivity contribution in [1.82, 2.24) is 14.8 Å². The van der Waals surface area contributed by atoms with E-state index in [0.717, 1.165) is 30.1 Å². The summed E-state index contributed by atoms with van der Waals surface area (Å²) in [5.41, 5.74) is 0.833. The Labute approximate surface area is 125 Å². The van der Waals surface area contributed by atoms with Gasteiger partial charge in [-0.05, 0) is 38.0 Å². The van der Waals surface area contributed by atoms with Gasteiger partial charge in [-0.1, -0.05) is 19.1 Å². The molecule has 114 valence electrons. The van der Waals surface area contributed by atoms with Crippen molar-refractivity contribution < 1.29 is 9.84 Å². The van der Waals surface area contributed by atoms with Crippen molar-refractivity contribution in [3.05, 3.63) is 42.0 Å². The van der Waals surface area contributed by atoms with E-state index in [9.17, 15) is 5.11 Å². The molecule has 2 rings (SSSR count). The van der Waals surface area contributed by atoms with Gasteiger partial charge in [-0.25, -0.2) is 4.98 Å². The van der Waals surface area contributed by atoms with Crippen LogP contribution in [0.4, 0.5) is 0 Å². The molecule has 1 atom stereocenters. The molecule has 0 aliphatic rings. The fraction of sp³-hybridized carbons (Fsp3) is 0.500. The Kier molecular flexibility index (Phi) is 5.33. The highest BCUT2D eigenvalue weighted by molar-refractivity contribution is 5.30. The Balaban J connectivity index is 2.09. The quantitative estimate of drug-likeness (QED) is 0.851. The highest BCUT2D eigenvalue weighted by Gasteiger charge is 2.14. The van der Waals surface area contributed by atoms with Crippen LogP contribution in [0.1, 0.15) is 44.7 Å². The van der Waals surface area contributed by atoms with Gasteiger partial charge in [0, 0.05) is 13.0 Å². The van der Waals surface area contributed by atoms with Crippen molar-refractivity contribution in [3.63, 3.8) is 0 Å². The molecule has 0 aliphatic heterocycles. The fourth-order valence-electron chi connectivity index (χ4n) is 2.20. The van der Waals surface area contributed by atoms with Gasteiger partial charge in [0.15, 0.2) is 0 Å². The van der Waals surface area contributed by atoms with Gasteiger partial charge in [0.05, 0.1) is 12.2 Å². The molecule has 0 aliphatic carbocycles. The van der Waals surface area contributed by atoms with Crippen molar-refractivity contribution in [3.8, 4) is 5.75 Å². The van der Waals surface area contributed by atoms with E-state index in [2.05, 4.69) is 17.0 Å². The normalized spacial score (nSPS) is 12.6. The molecule has 0 amide bonds. The minimum absolute atomic E-state index is 0.116. The van der Waals surface area contributed by atoms with Gasteiger partial charge in [-0.2, -0.15) is 5.10 Å². The number of hydrogen-bond donors (Lipinski definition) is 1. The van der Waals surface area contributed by atoms with Gasteiger partial charge in [0.2, 0.25) is 0 Å². The highest BCUT2D eigenvalue weighted by atomic mass is 16.5. The number of ether oxygens (including phenoxy) is 1. The lowest BCUT2D eigenvalue weighted by Crippen LogP contribution is -2.11. The Morgan fingerprint density at radius 3 is 2.86 bits per heavy atom. The second-order valence-corrected chi connectivity index (χ2v) is 5.36. The first-order valence-electron chi connectivity index (χ1n) is 7.41. The van der Waals surface area contributed by atoms with E-state index >= 15 is 0 Å². The van der Waals surface area contributed by atoms with Crippen LogP contribution in [0, 0.1) is 0 Å². The molecule has 0 saturated carbocycles. The third-order valence-electron chi connectivity index (χ3n) is 3.12. The molecule has 1 N–H and O–H groups in total. The van der Waals surface area contributed by atoms with E-state index in [-0.39, 0.29) is 6.10 Å². The lowest BCUT2D eigenvalue weighted by atomic mass is 10.1. The Hall–Kier alpha value is -1.88. The Bertz CT molecular complexity index is 566. The summed E-state index contributed by atoms with van der Waals surface area (Å²) in [6.07, 6.45) is 2.48. The van der Waals surface area contributed by atoms with Crippen molar-refractivity contribution in [2.45, 2.75) is 52.4 Å². The van der Waals surface area contributed by atoms with Crippen LogP contribution >= 0.6 is 0 Å². The van der Waals surface area contributed by atoms with Crippen LogP contribution in [0.3, 0.4) is 0 Å². The third kappa shape index (κ3) is 4.29. The van der Waals surface area contributed by atoms with Gasteiger partial charge < -0.3 is 9.84 Å². The van der Waals surface area contributed by atoms with E-state index in [4.69, 9.17) is 4.74 Å². The minimum Gasteiger partial charge on any atom is -0.491 e. The van der Waals surface area contributed by atoms with Crippen molar-refractivity contribution in [1.29, 1.82) is 0 Å². The number of aliphatic hydroxyl groups is 1. The Morgan fingerprint density at radius 1 is 1.33 bits per heavy atom. The fourth-order valence-corrected chi connectivity index (χ4v) is 2.20. The average Bonchev–Trinajstić information content (AvgIpc) is 2.86. The van der Waals surface area contributed by atoms with Gasteiger partial charge in [0.1, 0.15) is 17.9 Å². The lowest BCUT2D eigenvalue weighted by molar-refractivity contribution is 0.172. The van der Waals surface area contributed by atoms with Crippen LogP contribution < -0.4 is 4.74 Å². The second-order valence-electron chi connectivity index (χ2n) is 5.36. The predicted molar refractivity (Wildman–Crippen MR) is 81.2 cm³/mol. The number of benzene rings is 1. The topological polar surface area (TPSA) is 60.2 Å². The van der Waals surface area contributed by atoms with E-state index in [1.165, 1.54) is 6.33 Å². The summed E-state index contributed by atoms with van der Waals surface area (Å²) in [4.78, 5) is 4.23. The summed E-state index contributed by atoms with van der Waals surface area (Å²) < 4.78 is 7.50. The molecule has 0 fully saturated rings. The van der Waals surface area contributed by atoms with Gasteiger partial charge in [-0.15, -0.1) is 0 Å². The van der Waals surface area contributed by atoms with Crippen LogP contribution in [-0.2, 0) is 13.0 Å². The monoisotopic (exact) mass is 289 g/mol. The number of nitrogens with zero attached hydrogens (tertiary/aromatic N) is 3. The van der Waals surface area contributed by atoms with Crippen LogP contribution in [0.25, 0.3) is 0 Å². The van der Waals surface area contributed by atoms with Crippen LogP contribution in [0.2, 0.25) is 0 Å². The SMILES string of the molecule is CCCn1ncnc1CC(O)c1cccc(OC(C)C)c1. The molecule has 5 heteroatoms. The number of rotatable bonds is 7. The maximum Gasteiger partial charge on any atom is 0.138 e. The van der Waals surface area contributed by atoms with E-state index < -0.39 is 6.10 Å². The van der Waals surface area contributed by atoms with Gasteiger partial charge >= 0.3 is 0 Å². The predicted octanol–water partition coefficient (Wildman–Crippen LogP) is 2.75. The smallest absolute Gasteiger partial charge is 0.138 e. The summed E-state index contributed by atoms with van der Waals surface area (Å²) in [7, 11) is 0. The zero-order valence-electron chi connectivity index (χ0n) is 12.9. The van der Waals surface area contributed by atoms with Crippen LogP contribution in [0.5, 0.6) is 5.75 Å². The number of aliphatic hydroxyl groups excluding tert-OH is 1. The molecule has 1 aromatic heterocycles. The van der Waals surface area contributed by atoms with E-state index in [1.54, 1.807) is 0 Å². The highest BCUT2D eigenvalue weighted by Crippen LogP contribution is 2.22. The second kappa shape index (κ2) is 7.22. The third-order valence-corrected chi connectivity index (χ3v) is 3.12. The molecule has 0 spiro atoms. The molecule has 1 heterocycles. The zero-order valence-corrected chi connectivity index (χ0v) is 12.9. The summed E-state index contributed by atoms with van der Waals surface area (Å²) >= 11 is 0. The molecule has 1 unspecified atom stereocenters. The first-order chi connectivity index (χ1) is 10.1. The molecule has 21 heavy (non-hydrogen) atoms. The lowest BCUT2D eigenvalue weighted by Gasteiger charge is -2.14. The molecule has 0 saturated heterocycles. The molecule has 2 aromatic rings. The minimum atomic E-state index is -0.611. The molecule has 0 radical (unpaired) electrons. The largest absolute Gasteiger partial charge is 0.491 e. The van der Waals surface area contributed by atoms with Gasteiger partial charge in [-0.3, -0.25) is 4.68 Å². The number of hydrogen-bond acceptors (Lipinski definition) is 4. The number of aromatic nitrogens is 3. The zero-order chi connectivity index (χ0) is 15.2. The summed E-state index contributed by atoms with van der Waals surface area (Å²) in [5.74, 6) is 1.58. The number of aryl methyl sites for hydroxylation is 1. The maximum atomic E-state index is 10.4. The van der Waals surface area contributed by atoms with Crippen LogP contribution in [0.15, 0.2) is 30.6 Å². The Morgan fingerprint density at radius 2 is 2.14 bits per heavy atom. The summed E-state index contributed by atoms with van der Waals surface area (Å²) in [5, 5.41) is 14.6. The summed E-state index contributed by atoms with van der Waals surface area (Å²) in [6.45, 7) is 6.87. The molecule has 0 bridgehead atoms. The van der Waals surface area contributed by atoms with Gasteiger partial charge in [0.25, 0.3) is 0 Å². The average molecular weight is 289 g/mol. The van der Waals surface area contributed by atoms with Crippen molar-refractivity contribution >= 4 is 0 Å². The van der Waals surface area contributed by atoms with Crippen LogP contribution in [-0.4, -0.2) is 26.0 Å². The van der Waals surface area contributed by atoms with E-state index in [0.29, 0.717) is 6.42 Å². The first-order valence-corrected chi connectivity index (χ1v) is 7.41. The van der Waals surface area contributed by atoms with Crippen molar-refractivity contribution in [2.75, 3.05) is 0 Å². The molecule has 1 aromatic carbocycles. The van der Waals surface area contributed by atoms with Crippen molar-refractivity contribution in [2.24, 2.45) is 0 Å².